The average molecular weight is 388 g/mol. The van der Waals surface area contributed by atoms with Crippen LogP contribution in [0.4, 0.5) is 0 Å². The molecule has 0 aromatic heterocycles. The van der Waals surface area contributed by atoms with E-state index in [-0.39, 0.29) is 5.91 Å². The van der Waals surface area contributed by atoms with Gasteiger partial charge in [0.1, 0.15) is 5.54 Å². The molecule has 4 aliphatic rings. The van der Waals surface area contributed by atoms with Crippen molar-refractivity contribution in [2.45, 2.75) is 108 Å². The van der Waals surface area contributed by atoms with Crippen LogP contribution >= 0.6 is 0 Å². The lowest BCUT2D eigenvalue weighted by Gasteiger charge is -2.35. The van der Waals surface area contributed by atoms with Gasteiger partial charge in [0.2, 0.25) is 0 Å². The number of hydrogen-bond acceptors (Lipinski definition) is 3. The van der Waals surface area contributed by atoms with E-state index in [1.807, 2.05) is 7.05 Å². The quantitative estimate of drug-likeness (QED) is 0.617. The van der Waals surface area contributed by atoms with Crippen LogP contribution in [0.15, 0.2) is 4.99 Å². The highest BCUT2D eigenvalue weighted by atomic mass is 16.2. The molecule has 1 aliphatic heterocycles. The lowest BCUT2D eigenvalue weighted by Crippen LogP contribution is -2.44. The van der Waals surface area contributed by atoms with E-state index in [1.54, 1.807) is 4.90 Å². The molecule has 158 valence electrons. The van der Waals surface area contributed by atoms with E-state index >= 15 is 0 Å². The molecule has 0 radical (unpaired) electrons. The van der Waals surface area contributed by atoms with Crippen LogP contribution in [0.3, 0.4) is 0 Å². The second kappa shape index (κ2) is 8.75. The van der Waals surface area contributed by atoms with Crippen molar-refractivity contribution in [3.05, 3.63) is 0 Å². The number of carbonyl (C=O) groups is 1. The monoisotopic (exact) mass is 387 g/mol. The Labute approximate surface area is 171 Å². The third kappa shape index (κ3) is 4.74. The molecule has 1 heterocycles. The number of rotatable bonds is 8. The highest BCUT2D eigenvalue weighted by Gasteiger charge is 2.48. The largest absolute Gasteiger partial charge is 0.369 e. The summed E-state index contributed by atoms with van der Waals surface area (Å²) in [5, 5.41) is 0. The first-order chi connectivity index (χ1) is 13.6. The summed E-state index contributed by atoms with van der Waals surface area (Å²) >= 11 is 0. The molecule has 2 N–H and O–H groups in total. The summed E-state index contributed by atoms with van der Waals surface area (Å²) in [5.74, 6) is 3.97. The van der Waals surface area contributed by atoms with Crippen molar-refractivity contribution < 1.29 is 4.79 Å². The summed E-state index contributed by atoms with van der Waals surface area (Å²) in [6, 6.07) is 0. The van der Waals surface area contributed by atoms with Gasteiger partial charge in [0, 0.05) is 7.05 Å². The molecule has 4 nitrogen and oxygen atoms in total. The molecule has 3 saturated carbocycles. The Morgan fingerprint density at radius 2 is 1.54 bits per heavy atom. The molecule has 0 unspecified atom stereocenters. The fourth-order valence-corrected chi connectivity index (χ4v) is 6.28. The summed E-state index contributed by atoms with van der Waals surface area (Å²) in [4.78, 5) is 19.7. The summed E-state index contributed by atoms with van der Waals surface area (Å²) in [7, 11) is 1.81. The topological polar surface area (TPSA) is 58.7 Å². The van der Waals surface area contributed by atoms with Gasteiger partial charge in [-0.3, -0.25) is 9.69 Å². The summed E-state index contributed by atoms with van der Waals surface area (Å²) in [5.41, 5.74) is 5.57. The average Bonchev–Trinajstić information content (AvgIpc) is 3.52. The summed E-state index contributed by atoms with van der Waals surface area (Å²) < 4.78 is 0. The van der Waals surface area contributed by atoms with Gasteiger partial charge in [0.15, 0.2) is 5.96 Å². The second-order valence-corrected chi connectivity index (χ2v) is 10.5. The number of nitrogens with zero attached hydrogens (tertiary/aromatic N) is 2. The van der Waals surface area contributed by atoms with Crippen LogP contribution in [0.25, 0.3) is 0 Å². The van der Waals surface area contributed by atoms with Crippen molar-refractivity contribution in [1.82, 2.24) is 4.90 Å². The third-order valence-electron chi connectivity index (χ3n) is 8.26. The molecule has 4 heteroatoms. The molecule has 28 heavy (non-hydrogen) atoms. The Hall–Kier alpha value is -1.06. The van der Waals surface area contributed by atoms with Crippen molar-refractivity contribution in [3.8, 4) is 0 Å². The molecule has 0 saturated heterocycles. The molecule has 3 fully saturated rings. The zero-order chi connectivity index (χ0) is 19.6. The molecule has 0 aromatic carbocycles. The number of nitrogens with two attached hydrogens (primary N) is 1. The first kappa shape index (κ1) is 20.2. The molecule has 3 atom stereocenters. The van der Waals surface area contributed by atoms with Gasteiger partial charge >= 0.3 is 0 Å². The summed E-state index contributed by atoms with van der Waals surface area (Å²) in [6.45, 7) is 0. The van der Waals surface area contributed by atoms with Crippen LogP contribution in [-0.4, -0.2) is 29.4 Å². The van der Waals surface area contributed by atoms with Gasteiger partial charge in [-0.05, 0) is 49.4 Å². The first-order valence-electron chi connectivity index (χ1n) is 12.2. The van der Waals surface area contributed by atoms with Gasteiger partial charge < -0.3 is 5.73 Å². The maximum atomic E-state index is 13.2. The Morgan fingerprint density at radius 1 is 0.893 bits per heavy atom. The van der Waals surface area contributed by atoms with Crippen LogP contribution in [0, 0.1) is 23.7 Å². The minimum absolute atomic E-state index is 0.168. The fourth-order valence-electron chi connectivity index (χ4n) is 6.28. The lowest BCUT2D eigenvalue weighted by molar-refractivity contribution is -0.131. The zero-order valence-corrected chi connectivity index (χ0v) is 18.0. The van der Waals surface area contributed by atoms with Gasteiger partial charge in [0.05, 0.1) is 0 Å². The Morgan fingerprint density at radius 3 is 2.21 bits per heavy atom. The minimum atomic E-state index is -0.556. The van der Waals surface area contributed by atoms with E-state index in [9.17, 15) is 4.79 Å². The van der Waals surface area contributed by atoms with Crippen molar-refractivity contribution >= 4 is 11.9 Å². The van der Waals surface area contributed by atoms with E-state index in [0.29, 0.717) is 11.9 Å². The number of carbonyl (C=O) groups excluding carboxylic acids is 1. The van der Waals surface area contributed by atoms with Crippen molar-refractivity contribution in [3.63, 3.8) is 0 Å². The number of hydrogen-bond donors (Lipinski definition) is 1. The van der Waals surface area contributed by atoms with E-state index in [2.05, 4.69) is 0 Å². The van der Waals surface area contributed by atoms with Crippen molar-refractivity contribution in [2.75, 3.05) is 7.05 Å². The zero-order valence-electron chi connectivity index (χ0n) is 18.0. The second-order valence-electron chi connectivity index (χ2n) is 10.5. The Balaban J connectivity index is 1.39. The van der Waals surface area contributed by atoms with Crippen molar-refractivity contribution in [1.29, 1.82) is 0 Å². The molecular formula is C24H41N3O. The molecule has 0 aromatic rings. The van der Waals surface area contributed by atoms with Crippen LogP contribution < -0.4 is 5.73 Å². The van der Waals surface area contributed by atoms with E-state index in [1.165, 1.54) is 83.5 Å². The molecule has 0 bridgehead atoms. The maximum absolute atomic E-state index is 13.2. The number of amides is 1. The van der Waals surface area contributed by atoms with Crippen LogP contribution in [-0.2, 0) is 4.79 Å². The van der Waals surface area contributed by atoms with Gasteiger partial charge in [-0.15, -0.1) is 0 Å². The maximum Gasteiger partial charge on any atom is 0.257 e. The fraction of sp³-hybridized carbons (Fsp3) is 0.917. The number of guanidine groups is 1. The predicted octanol–water partition coefficient (Wildman–Crippen LogP) is 5.26. The lowest BCUT2D eigenvalue weighted by atomic mass is 9.72. The van der Waals surface area contributed by atoms with Gasteiger partial charge in [-0.1, -0.05) is 77.0 Å². The highest BCUT2D eigenvalue weighted by molar-refractivity contribution is 6.06. The molecule has 3 aliphatic carbocycles. The number of aliphatic imine (C=N–C) groups is 1. The van der Waals surface area contributed by atoms with Gasteiger partial charge in [-0.2, -0.15) is 0 Å². The van der Waals surface area contributed by atoms with Crippen LogP contribution in [0.5, 0.6) is 0 Å². The van der Waals surface area contributed by atoms with Gasteiger partial charge in [-0.25, -0.2) is 4.99 Å². The number of likely N-dealkylation sites (N-methyl/N-ethyl adjacent to an activating group) is 1. The minimum Gasteiger partial charge on any atom is -0.369 e. The van der Waals surface area contributed by atoms with Crippen LogP contribution in [0.2, 0.25) is 0 Å². The van der Waals surface area contributed by atoms with E-state index < -0.39 is 5.54 Å². The molecule has 1 amide bonds. The van der Waals surface area contributed by atoms with Gasteiger partial charge in [0.25, 0.3) is 5.91 Å². The highest BCUT2D eigenvalue weighted by Crippen LogP contribution is 2.43. The third-order valence-corrected chi connectivity index (χ3v) is 8.26. The Bertz CT molecular complexity index is 578. The normalized spacial score (nSPS) is 34.7. The van der Waals surface area contributed by atoms with Crippen LogP contribution in [0.1, 0.15) is 103 Å². The molecular weight excluding hydrogens is 346 g/mol. The van der Waals surface area contributed by atoms with Crippen molar-refractivity contribution in [2.24, 2.45) is 34.4 Å². The first-order valence-corrected chi connectivity index (χ1v) is 12.2. The molecule has 0 spiro atoms. The SMILES string of the molecule is CN1C(=O)[C@@](CCC2CCCCC2)(C[C@@H]2CCC[C@H](CCC3CC3)C2)N=C1N. The smallest absolute Gasteiger partial charge is 0.257 e. The predicted molar refractivity (Wildman–Crippen MR) is 115 cm³/mol. The van der Waals surface area contributed by atoms with E-state index in [4.69, 9.17) is 10.7 Å². The summed E-state index contributed by atoms with van der Waals surface area (Å²) in [6.07, 6.45) is 20.9. The van der Waals surface area contributed by atoms with E-state index in [0.717, 1.165) is 37.0 Å². The standard InChI is InChI=1S/C24H41N3O/c1-27-22(28)24(26-23(27)25,15-14-18-6-3-2-4-7-18)17-21-9-5-8-20(16-21)13-12-19-10-11-19/h18-21H,2-17H2,1H3,(H2,25,26)/t20-,21-,24-/m1/s1. The Kier molecular flexibility index (Phi) is 6.32. The molecule has 4 rings (SSSR count).